The second-order valence-electron chi connectivity index (χ2n) is 6.50. The Balaban J connectivity index is 0.00000225. The van der Waals surface area contributed by atoms with Crippen molar-refractivity contribution >= 4 is 59.6 Å². The largest absolute Gasteiger partial charge is 0.372 e. The zero-order chi connectivity index (χ0) is 20.1. The number of fused-ring (bicyclic) bond motifs is 1. The predicted molar refractivity (Wildman–Crippen MR) is 123 cm³/mol. The molecule has 0 spiro atoms. The molecule has 5 N–H and O–H groups in total. The first kappa shape index (κ1) is 25.2. The van der Waals surface area contributed by atoms with Crippen LogP contribution in [0.1, 0.15) is 27.1 Å². The van der Waals surface area contributed by atoms with Crippen LogP contribution in [0.4, 0.5) is 17.1 Å². The number of halogens is 2. The lowest BCUT2D eigenvalue weighted by Gasteiger charge is -2.19. The van der Waals surface area contributed by atoms with Crippen LogP contribution in [-0.4, -0.2) is 44.4 Å². The number of hydrogen-bond acceptors (Lipinski definition) is 5. The molecule has 3 rings (SSSR count). The van der Waals surface area contributed by atoms with Gasteiger partial charge in [-0.2, -0.15) is 0 Å². The topological polar surface area (TPSA) is 117 Å². The molecule has 1 aliphatic heterocycles. The summed E-state index contributed by atoms with van der Waals surface area (Å²) >= 11 is 0. The van der Waals surface area contributed by atoms with Crippen LogP contribution in [0.3, 0.4) is 0 Å². The number of rotatable bonds is 5. The van der Waals surface area contributed by atoms with E-state index in [1.807, 2.05) is 11.9 Å². The molecule has 3 amide bonds. The van der Waals surface area contributed by atoms with Crippen molar-refractivity contribution in [1.82, 2.24) is 5.32 Å². The van der Waals surface area contributed by atoms with Crippen molar-refractivity contribution in [1.29, 1.82) is 0 Å². The lowest BCUT2D eigenvalue weighted by Crippen LogP contribution is -2.30. The average molecular weight is 454 g/mol. The molecule has 0 radical (unpaired) electrons. The molecule has 2 aromatic carbocycles. The maximum atomic E-state index is 12.7. The Kier molecular flexibility index (Phi) is 9.58. The number of para-hydroxylation sites is 1. The van der Waals surface area contributed by atoms with Gasteiger partial charge in [-0.05, 0) is 30.3 Å². The van der Waals surface area contributed by atoms with Crippen molar-refractivity contribution in [2.45, 2.75) is 6.42 Å². The quantitative estimate of drug-likeness (QED) is 0.553. The molecule has 10 heteroatoms. The van der Waals surface area contributed by atoms with Crippen LogP contribution in [0, 0.1) is 0 Å². The molecule has 0 fully saturated rings. The van der Waals surface area contributed by atoms with Gasteiger partial charge in [0.1, 0.15) is 0 Å². The highest BCUT2D eigenvalue weighted by atomic mass is 35.5. The zero-order valence-corrected chi connectivity index (χ0v) is 18.1. The van der Waals surface area contributed by atoms with Gasteiger partial charge in [-0.25, -0.2) is 0 Å². The van der Waals surface area contributed by atoms with E-state index in [0.29, 0.717) is 48.6 Å². The van der Waals surface area contributed by atoms with Crippen LogP contribution in [0.5, 0.6) is 0 Å². The van der Waals surface area contributed by atoms with Crippen molar-refractivity contribution in [3.63, 3.8) is 0 Å². The smallest absolute Gasteiger partial charge is 0.255 e. The van der Waals surface area contributed by atoms with Gasteiger partial charge in [0.2, 0.25) is 5.91 Å². The monoisotopic (exact) mass is 453 g/mol. The van der Waals surface area contributed by atoms with Gasteiger partial charge in [0.05, 0.1) is 22.6 Å². The number of nitrogens with one attached hydrogen (secondary N) is 3. The minimum Gasteiger partial charge on any atom is -0.372 e. The van der Waals surface area contributed by atoms with Crippen LogP contribution in [0.15, 0.2) is 42.5 Å². The van der Waals surface area contributed by atoms with Crippen LogP contribution in [0.25, 0.3) is 0 Å². The van der Waals surface area contributed by atoms with Gasteiger partial charge >= 0.3 is 0 Å². The summed E-state index contributed by atoms with van der Waals surface area (Å²) < 4.78 is 0. The number of carbonyl (C=O) groups is 3. The molecule has 0 unspecified atom stereocenters. The Hall–Kier alpha value is -2.81. The fourth-order valence-electron chi connectivity index (χ4n) is 2.98. The molecule has 162 valence electrons. The van der Waals surface area contributed by atoms with E-state index in [1.54, 1.807) is 42.5 Å². The van der Waals surface area contributed by atoms with Crippen molar-refractivity contribution in [3.05, 3.63) is 53.6 Å². The number of nitrogens with two attached hydrogens (primary N) is 1. The standard InChI is InChI=1S/C20H23N5O3.2ClH/c1-25-11-8-18(26)23-16-12-13(6-7-17(16)25)19(27)24-15-5-3-2-4-14(15)20(28)22-10-9-21;;/h2-7,12H,8-11,21H2,1H3,(H,22,28)(H,23,26)(H,24,27);2*1H. The first-order valence-electron chi connectivity index (χ1n) is 9.03. The number of amides is 3. The third kappa shape index (κ3) is 5.85. The maximum Gasteiger partial charge on any atom is 0.255 e. The van der Waals surface area contributed by atoms with Gasteiger partial charge in [-0.15, -0.1) is 24.8 Å². The summed E-state index contributed by atoms with van der Waals surface area (Å²) in [5.74, 6) is -0.773. The Labute approximate surface area is 187 Å². The summed E-state index contributed by atoms with van der Waals surface area (Å²) in [6.07, 6.45) is 0.387. The van der Waals surface area contributed by atoms with Gasteiger partial charge in [0.25, 0.3) is 11.8 Å². The van der Waals surface area contributed by atoms with E-state index < -0.39 is 0 Å². The molecule has 0 aromatic heterocycles. The summed E-state index contributed by atoms with van der Waals surface area (Å²) in [6.45, 7) is 1.28. The van der Waals surface area contributed by atoms with E-state index in [1.165, 1.54) is 0 Å². The van der Waals surface area contributed by atoms with Gasteiger partial charge in [-0.3, -0.25) is 14.4 Å². The van der Waals surface area contributed by atoms with E-state index in [2.05, 4.69) is 16.0 Å². The highest BCUT2D eigenvalue weighted by Gasteiger charge is 2.19. The molecule has 1 aliphatic rings. The van der Waals surface area contributed by atoms with Crippen LogP contribution < -0.4 is 26.6 Å². The van der Waals surface area contributed by atoms with E-state index in [4.69, 9.17) is 5.73 Å². The highest BCUT2D eigenvalue weighted by molar-refractivity contribution is 6.10. The summed E-state index contributed by atoms with van der Waals surface area (Å²) in [6, 6.07) is 11.9. The van der Waals surface area contributed by atoms with Crippen LogP contribution in [-0.2, 0) is 4.79 Å². The van der Waals surface area contributed by atoms with Crippen molar-refractivity contribution < 1.29 is 14.4 Å². The molecule has 1 heterocycles. The molecular weight excluding hydrogens is 429 g/mol. The molecule has 0 aliphatic carbocycles. The van der Waals surface area contributed by atoms with E-state index in [9.17, 15) is 14.4 Å². The fourth-order valence-corrected chi connectivity index (χ4v) is 2.98. The molecule has 0 saturated carbocycles. The van der Waals surface area contributed by atoms with Crippen LogP contribution in [0.2, 0.25) is 0 Å². The number of hydrogen-bond donors (Lipinski definition) is 4. The average Bonchev–Trinajstić information content (AvgIpc) is 2.84. The summed E-state index contributed by atoms with van der Waals surface area (Å²) in [5.41, 5.74) is 7.99. The van der Waals surface area contributed by atoms with Crippen molar-refractivity contribution in [2.24, 2.45) is 5.73 Å². The number of nitrogens with zero attached hydrogens (tertiary/aromatic N) is 1. The molecule has 0 atom stereocenters. The Morgan fingerprint density at radius 1 is 1.13 bits per heavy atom. The van der Waals surface area contributed by atoms with E-state index in [0.717, 1.165) is 5.69 Å². The molecule has 2 aromatic rings. The molecular formula is C20H25Cl2N5O3. The summed E-state index contributed by atoms with van der Waals surface area (Å²) in [7, 11) is 1.90. The van der Waals surface area contributed by atoms with Gasteiger partial charge in [-0.1, -0.05) is 12.1 Å². The minimum absolute atomic E-state index is 0. The predicted octanol–water partition coefficient (Wildman–Crippen LogP) is 2.25. The SMILES string of the molecule is CN1CCC(=O)Nc2cc(C(=O)Nc3ccccc3C(=O)NCCN)ccc21.Cl.Cl. The lowest BCUT2D eigenvalue weighted by molar-refractivity contribution is -0.115. The Morgan fingerprint density at radius 3 is 2.60 bits per heavy atom. The van der Waals surface area contributed by atoms with E-state index in [-0.39, 0.29) is 42.5 Å². The van der Waals surface area contributed by atoms with Crippen molar-refractivity contribution in [3.8, 4) is 0 Å². The third-order valence-corrected chi connectivity index (χ3v) is 4.47. The highest BCUT2D eigenvalue weighted by Crippen LogP contribution is 2.29. The minimum atomic E-state index is -0.372. The van der Waals surface area contributed by atoms with Gasteiger partial charge < -0.3 is 26.6 Å². The van der Waals surface area contributed by atoms with Crippen LogP contribution >= 0.6 is 24.8 Å². The fraction of sp³-hybridized carbons (Fsp3) is 0.250. The first-order valence-corrected chi connectivity index (χ1v) is 9.03. The van der Waals surface area contributed by atoms with Gasteiger partial charge in [0.15, 0.2) is 0 Å². The molecule has 0 saturated heterocycles. The third-order valence-electron chi connectivity index (χ3n) is 4.47. The lowest BCUT2D eigenvalue weighted by atomic mass is 10.1. The summed E-state index contributed by atoms with van der Waals surface area (Å²) in [5, 5.41) is 8.29. The Bertz CT molecular complexity index is 923. The maximum absolute atomic E-state index is 12.7. The molecule has 30 heavy (non-hydrogen) atoms. The molecule has 0 bridgehead atoms. The molecule has 8 nitrogen and oxygen atoms in total. The number of carbonyl (C=O) groups excluding carboxylic acids is 3. The normalized spacial score (nSPS) is 12.3. The second kappa shape index (κ2) is 11.4. The second-order valence-corrected chi connectivity index (χ2v) is 6.50. The number of anilines is 3. The zero-order valence-electron chi connectivity index (χ0n) is 16.4. The van der Waals surface area contributed by atoms with Crippen molar-refractivity contribution in [2.75, 3.05) is 42.2 Å². The Morgan fingerprint density at radius 2 is 1.87 bits per heavy atom. The summed E-state index contributed by atoms with van der Waals surface area (Å²) in [4.78, 5) is 38.9. The van der Waals surface area contributed by atoms with E-state index >= 15 is 0 Å². The number of benzene rings is 2. The van der Waals surface area contributed by atoms with Gasteiger partial charge in [0, 0.05) is 38.7 Å². The first-order chi connectivity index (χ1) is 13.5.